The van der Waals surface area contributed by atoms with Gasteiger partial charge in [0.2, 0.25) is 0 Å². The first kappa shape index (κ1) is 11.4. The Labute approximate surface area is 91.4 Å². The van der Waals surface area contributed by atoms with Crippen LogP contribution in [0.5, 0.6) is 0 Å². The van der Waals surface area contributed by atoms with Gasteiger partial charge in [0.1, 0.15) is 0 Å². The summed E-state index contributed by atoms with van der Waals surface area (Å²) in [5.74, 6) is 0. The Morgan fingerprint density at radius 2 is 2.12 bits per heavy atom. The molecule has 0 aromatic carbocycles. The minimum atomic E-state index is -4.35. The Morgan fingerprint density at radius 1 is 1.44 bits per heavy atom. The Morgan fingerprint density at radius 3 is 2.56 bits per heavy atom. The molecule has 0 aliphatic heterocycles. The Balaban J connectivity index is 2.03. The lowest BCUT2D eigenvalue weighted by molar-refractivity contribution is -0.141. The van der Waals surface area contributed by atoms with Crippen LogP contribution in [0, 0.1) is 5.41 Å². The molecule has 1 fully saturated rings. The summed E-state index contributed by atoms with van der Waals surface area (Å²) in [7, 11) is 0. The molecule has 1 aliphatic carbocycles. The zero-order chi connectivity index (χ0) is 11.8. The molecule has 1 heterocycles. The van der Waals surface area contributed by atoms with Crippen LogP contribution in [0.4, 0.5) is 13.2 Å². The largest absolute Gasteiger partial charge is 0.435 e. The maximum absolute atomic E-state index is 12.3. The molecule has 0 saturated heterocycles. The second-order valence-electron chi connectivity index (χ2n) is 4.43. The van der Waals surface area contributed by atoms with Gasteiger partial charge in [0.15, 0.2) is 5.69 Å². The van der Waals surface area contributed by atoms with Gasteiger partial charge in [-0.05, 0) is 37.3 Å². The van der Waals surface area contributed by atoms with Crippen LogP contribution in [0.15, 0.2) is 12.3 Å². The molecule has 6 heteroatoms. The molecule has 0 unspecified atom stereocenters. The van der Waals surface area contributed by atoms with E-state index in [2.05, 4.69) is 5.10 Å². The summed E-state index contributed by atoms with van der Waals surface area (Å²) in [5, 5.41) is 3.54. The average Bonchev–Trinajstić information content (AvgIpc) is 2.75. The van der Waals surface area contributed by atoms with Crippen LogP contribution in [0.25, 0.3) is 0 Å². The number of hydrogen-bond acceptors (Lipinski definition) is 2. The van der Waals surface area contributed by atoms with Gasteiger partial charge in [-0.3, -0.25) is 4.68 Å². The molecule has 0 bridgehead atoms. The smallest absolute Gasteiger partial charge is 0.330 e. The van der Waals surface area contributed by atoms with Crippen LogP contribution >= 0.6 is 0 Å². The van der Waals surface area contributed by atoms with Gasteiger partial charge in [0.25, 0.3) is 0 Å². The lowest BCUT2D eigenvalue weighted by Crippen LogP contribution is -2.17. The molecule has 1 aromatic rings. The molecule has 0 atom stereocenters. The van der Waals surface area contributed by atoms with Crippen LogP contribution in [-0.2, 0) is 12.7 Å². The lowest BCUT2D eigenvalue weighted by Gasteiger charge is -2.13. The molecule has 1 aliphatic rings. The third-order valence-electron chi connectivity index (χ3n) is 3.06. The van der Waals surface area contributed by atoms with E-state index in [1.54, 1.807) is 0 Å². The predicted molar refractivity (Wildman–Crippen MR) is 52.6 cm³/mol. The van der Waals surface area contributed by atoms with Crippen LogP contribution in [0.3, 0.4) is 0 Å². The molecule has 3 nitrogen and oxygen atoms in total. The highest BCUT2D eigenvalue weighted by Crippen LogP contribution is 2.49. The zero-order valence-corrected chi connectivity index (χ0v) is 8.80. The SMILES string of the molecule is NCCC1(Cn2ccc(C(F)(F)F)n2)CC1. The fourth-order valence-electron chi connectivity index (χ4n) is 1.91. The highest BCUT2D eigenvalue weighted by atomic mass is 19.4. The predicted octanol–water partition coefficient (Wildman–Crippen LogP) is 2.03. The average molecular weight is 233 g/mol. The minimum absolute atomic E-state index is 0.101. The van der Waals surface area contributed by atoms with Crippen molar-refractivity contribution >= 4 is 0 Å². The van der Waals surface area contributed by atoms with E-state index < -0.39 is 11.9 Å². The minimum Gasteiger partial charge on any atom is -0.330 e. The van der Waals surface area contributed by atoms with Gasteiger partial charge < -0.3 is 5.73 Å². The van der Waals surface area contributed by atoms with E-state index >= 15 is 0 Å². The van der Waals surface area contributed by atoms with Crippen molar-refractivity contribution in [3.63, 3.8) is 0 Å². The summed E-state index contributed by atoms with van der Waals surface area (Å²) in [6, 6.07) is 1.01. The van der Waals surface area contributed by atoms with Gasteiger partial charge in [-0.1, -0.05) is 0 Å². The molecule has 0 spiro atoms. The van der Waals surface area contributed by atoms with Crippen molar-refractivity contribution in [2.24, 2.45) is 11.1 Å². The van der Waals surface area contributed by atoms with Crippen molar-refractivity contribution in [1.82, 2.24) is 9.78 Å². The second kappa shape index (κ2) is 3.76. The summed E-state index contributed by atoms with van der Waals surface area (Å²) in [4.78, 5) is 0. The number of alkyl halides is 3. The van der Waals surface area contributed by atoms with Crippen molar-refractivity contribution < 1.29 is 13.2 Å². The summed E-state index contributed by atoms with van der Waals surface area (Å²) in [6.07, 6.45) is -0.0414. The third kappa shape index (κ3) is 2.37. The first-order valence-electron chi connectivity index (χ1n) is 5.26. The number of rotatable bonds is 4. The number of halogens is 3. The Hall–Kier alpha value is -1.04. The van der Waals surface area contributed by atoms with E-state index in [0.29, 0.717) is 13.1 Å². The molecule has 2 N–H and O–H groups in total. The third-order valence-corrected chi connectivity index (χ3v) is 3.06. The fourth-order valence-corrected chi connectivity index (χ4v) is 1.91. The van der Waals surface area contributed by atoms with E-state index in [1.807, 2.05) is 0 Å². The monoisotopic (exact) mass is 233 g/mol. The quantitative estimate of drug-likeness (QED) is 0.864. The normalized spacial score (nSPS) is 18.8. The highest BCUT2D eigenvalue weighted by Gasteiger charge is 2.42. The number of aromatic nitrogens is 2. The number of hydrogen-bond donors (Lipinski definition) is 1. The fraction of sp³-hybridized carbons (Fsp3) is 0.700. The maximum Gasteiger partial charge on any atom is 0.435 e. The van der Waals surface area contributed by atoms with Gasteiger partial charge in [-0.25, -0.2) is 0 Å². The van der Waals surface area contributed by atoms with Gasteiger partial charge in [0, 0.05) is 12.7 Å². The first-order chi connectivity index (χ1) is 7.45. The molecule has 1 saturated carbocycles. The molecule has 16 heavy (non-hydrogen) atoms. The topological polar surface area (TPSA) is 43.8 Å². The standard InChI is InChI=1S/C10H14F3N3/c11-10(12,13)8-1-6-16(15-8)7-9(2-3-9)4-5-14/h1,6H,2-5,7,14H2. The van der Waals surface area contributed by atoms with Crippen molar-refractivity contribution in [2.75, 3.05) is 6.54 Å². The highest BCUT2D eigenvalue weighted by molar-refractivity contribution is 5.04. The first-order valence-corrected chi connectivity index (χ1v) is 5.26. The maximum atomic E-state index is 12.3. The molecule has 0 radical (unpaired) electrons. The Bertz CT molecular complexity index is 366. The number of nitrogens with two attached hydrogens (primary N) is 1. The van der Waals surface area contributed by atoms with Gasteiger partial charge in [-0.15, -0.1) is 0 Å². The summed E-state index contributed by atoms with van der Waals surface area (Å²) >= 11 is 0. The van der Waals surface area contributed by atoms with E-state index in [0.717, 1.165) is 25.3 Å². The lowest BCUT2D eigenvalue weighted by atomic mass is 10.0. The summed E-state index contributed by atoms with van der Waals surface area (Å²) in [5.41, 5.74) is 4.75. The van der Waals surface area contributed by atoms with E-state index in [-0.39, 0.29) is 5.41 Å². The number of nitrogens with zero attached hydrogens (tertiary/aromatic N) is 2. The van der Waals surface area contributed by atoms with Gasteiger partial charge in [-0.2, -0.15) is 18.3 Å². The van der Waals surface area contributed by atoms with Crippen LogP contribution in [0.2, 0.25) is 0 Å². The van der Waals surface area contributed by atoms with Crippen LogP contribution in [0.1, 0.15) is 25.0 Å². The van der Waals surface area contributed by atoms with Crippen LogP contribution in [-0.4, -0.2) is 16.3 Å². The molecule has 90 valence electrons. The Kier molecular flexibility index (Phi) is 2.69. The van der Waals surface area contributed by atoms with E-state index in [1.165, 1.54) is 10.9 Å². The molecular formula is C10H14F3N3. The van der Waals surface area contributed by atoms with E-state index in [9.17, 15) is 13.2 Å². The van der Waals surface area contributed by atoms with Crippen LogP contribution < -0.4 is 5.73 Å². The van der Waals surface area contributed by atoms with Crippen molar-refractivity contribution in [3.05, 3.63) is 18.0 Å². The summed E-state index contributed by atoms with van der Waals surface area (Å²) in [6.45, 7) is 1.12. The second-order valence-corrected chi connectivity index (χ2v) is 4.43. The van der Waals surface area contributed by atoms with Gasteiger partial charge >= 0.3 is 6.18 Å². The van der Waals surface area contributed by atoms with E-state index in [4.69, 9.17) is 5.73 Å². The van der Waals surface area contributed by atoms with Crippen molar-refractivity contribution in [2.45, 2.75) is 32.0 Å². The molecule has 2 rings (SSSR count). The zero-order valence-electron chi connectivity index (χ0n) is 8.80. The molecule has 0 amide bonds. The summed E-state index contributed by atoms with van der Waals surface area (Å²) < 4.78 is 38.3. The molecule has 1 aromatic heterocycles. The van der Waals surface area contributed by atoms with Gasteiger partial charge in [0.05, 0.1) is 0 Å². The van der Waals surface area contributed by atoms with Crippen molar-refractivity contribution in [1.29, 1.82) is 0 Å². The van der Waals surface area contributed by atoms with Crippen molar-refractivity contribution in [3.8, 4) is 0 Å². The molecular weight excluding hydrogens is 219 g/mol.